The number of hydrogen-bond donors (Lipinski definition) is 0. The van der Waals surface area contributed by atoms with Crippen LogP contribution in [0.15, 0.2) is 33.4 Å². The fourth-order valence-electron chi connectivity index (χ4n) is 2.46. The average Bonchev–Trinajstić information content (AvgIpc) is 3.24. The minimum Gasteiger partial charge on any atom is -0.461 e. The highest BCUT2D eigenvalue weighted by molar-refractivity contribution is 5.93. The molecule has 0 N–H and O–H groups in total. The predicted octanol–water partition coefficient (Wildman–Crippen LogP) is 1.37. The second-order valence-corrected chi connectivity index (χ2v) is 5.51. The molecular weight excluding hydrogens is 300 g/mol. The number of aromatic nitrogens is 1. The lowest BCUT2D eigenvalue weighted by Gasteiger charge is -2.35. The summed E-state index contributed by atoms with van der Waals surface area (Å²) < 4.78 is 10.4. The molecule has 122 valence electrons. The maximum Gasteiger partial charge on any atom is 0.319 e. The maximum absolute atomic E-state index is 12.5. The molecule has 1 saturated heterocycles. The Bertz CT molecular complexity index is 684. The molecule has 0 aromatic carbocycles. The molecule has 1 aliphatic rings. The number of urea groups is 1. The van der Waals surface area contributed by atoms with Crippen LogP contribution in [-0.2, 0) is 0 Å². The molecule has 3 rings (SSSR count). The van der Waals surface area contributed by atoms with Gasteiger partial charge in [0.1, 0.15) is 0 Å². The zero-order valence-corrected chi connectivity index (χ0v) is 13.1. The summed E-state index contributed by atoms with van der Waals surface area (Å²) in [6.45, 7) is 1.96. The highest BCUT2D eigenvalue weighted by Gasteiger charge is 2.27. The van der Waals surface area contributed by atoms with E-state index in [0.717, 1.165) is 0 Å². The number of nitrogens with zero attached hydrogens (tertiary/aromatic N) is 4. The minimum atomic E-state index is -0.205. The van der Waals surface area contributed by atoms with E-state index in [1.54, 1.807) is 42.1 Å². The van der Waals surface area contributed by atoms with Crippen LogP contribution in [0.25, 0.3) is 11.5 Å². The Morgan fingerprint density at radius 2 is 1.83 bits per heavy atom. The van der Waals surface area contributed by atoms with Gasteiger partial charge < -0.3 is 23.6 Å². The van der Waals surface area contributed by atoms with E-state index in [-0.39, 0.29) is 17.6 Å². The van der Waals surface area contributed by atoms with E-state index in [1.807, 2.05) is 0 Å². The first kappa shape index (κ1) is 15.1. The monoisotopic (exact) mass is 318 g/mol. The number of amides is 3. The van der Waals surface area contributed by atoms with Gasteiger partial charge in [-0.2, -0.15) is 0 Å². The molecule has 0 aliphatic carbocycles. The third-order valence-corrected chi connectivity index (χ3v) is 3.71. The van der Waals surface area contributed by atoms with Gasteiger partial charge in [0.2, 0.25) is 5.76 Å². The lowest BCUT2D eigenvalue weighted by molar-refractivity contribution is 0.0640. The molecule has 2 aromatic rings. The van der Waals surface area contributed by atoms with Crippen molar-refractivity contribution in [3.8, 4) is 11.5 Å². The zero-order chi connectivity index (χ0) is 16.4. The maximum atomic E-state index is 12.5. The molecule has 2 aromatic heterocycles. The number of hydrogen-bond acceptors (Lipinski definition) is 5. The second kappa shape index (κ2) is 6.15. The first-order valence-electron chi connectivity index (χ1n) is 7.32. The van der Waals surface area contributed by atoms with Crippen LogP contribution in [0.4, 0.5) is 4.79 Å². The summed E-state index contributed by atoms with van der Waals surface area (Å²) in [7, 11) is 3.43. The highest BCUT2D eigenvalue weighted by Crippen LogP contribution is 2.21. The molecule has 0 saturated carbocycles. The van der Waals surface area contributed by atoms with E-state index in [4.69, 9.17) is 8.94 Å². The van der Waals surface area contributed by atoms with Gasteiger partial charge >= 0.3 is 6.03 Å². The van der Waals surface area contributed by atoms with E-state index in [9.17, 15) is 9.59 Å². The summed E-state index contributed by atoms with van der Waals surface area (Å²) in [5.41, 5.74) is 0.240. The minimum absolute atomic E-state index is 0.0429. The summed E-state index contributed by atoms with van der Waals surface area (Å²) in [6, 6.07) is 5.00. The standard InChI is InChI=1S/C15H18N4O4/c1-17(2)15(21)19-7-5-18(6-8-19)14(20)11-10-13(23-16-11)12-4-3-9-22-12/h3-4,9-10H,5-8H2,1-2H3. The normalized spacial score (nSPS) is 14.9. The van der Waals surface area contributed by atoms with Gasteiger partial charge in [-0.1, -0.05) is 5.16 Å². The molecule has 3 amide bonds. The Kier molecular flexibility index (Phi) is 4.05. The first-order chi connectivity index (χ1) is 11.1. The lowest BCUT2D eigenvalue weighted by Crippen LogP contribution is -2.52. The molecule has 0 spiro atoms. The van der Waals surface area contributed by atoms with Crippen LogP contribution in [0.2, 0.25) is 0 Å². The Balaban J connectivity index is 1.63. The van der Waals surface area contributed by atoms with Crippen LogP contribution in [-0.4, -0.2) is 72.1 Å². The third-order valence-electron chi connectivity index (χ3n) is 3.71. The molecule has 0 radical (unpaired) electrons. The molecule has 1 aliphatic heterocycles. The molecule has 0 unspecified atom stereocenters. The van der Waals surface area contributed by atoms with Gasteiger partial charge in [0.25, 0.3) is 5.91 Å². The molecule has 1 fully saturated rings. The van der Waals surface area contributed by atoms with Crippen molar-refractivity contribution < 1.29 is 18.5 Å². The van der Waals surface area contributed by atoms with Gasteiger partial charge in [-0.25, -0.2) is 4.79 Å². The largest absolute Gasteiger partial charge is 0.461 e. The van der Waals surface area contributed by atoms with Gasteiger partial charge in [0.05, 0.1) is 6.26 Å². The smallest absolute Gasteiger partial charge is 0.319 e. The number of rotatable bonds is 2. The third kappa shape index (κ3) is 3.05. The van der Waals surface area contributed by atoms with Crippen LogP contribution in [0.1, 0.15) is 10.5 Å². The fraction of sp³-hybridized carbons (Fsp3) is 0.400. The van der Waals surface area contributed by atoms with Gasteiger partial charge in [-0.3, -0.25) is 4.79 Å². The van der Waals surface area contributed by atoms with Crippen LogP contribution in [0.5, 0.6) is 0 Å². The van der Waals surface area contributed by atoms with Crippen molar-refractivity contribution in [1.82, 2.24) is 19.9 Å². The molecule has 8 heteroatoms. The topological polar surface area (TPSA) is 83.0 Å². The lowest BCUT2D eigenvalue weighted by atomic mass is 10.2. The van der Waals surface area contributed by atoms with Crippen molar-refractivity contribution in [2.75, 3.05) is 40.3 Å². The quantitative estimate of drug-likeness (QED) is 0.835. The Hall–Kier alpha value is -2.77. The molecular formula is C15H18N4O4. The van der Waals surface area contributed by atoms with E-state index in [0.29, 0.717) is 37.7 Å². The van der Waals surface area contributed by atoms with Gasteiger partial charge in [-0.05, 0) is 12.1 Å². The Morgan fingerprint density at radius 1 is 1.13 bits per heavy atom. The molecule has 23 heavy (non-hydrogen) atoms. The Labute approximate surface area is 133 Å². The van der Waals surface area contributed by atoms with Crippen LogP contribution in [0.3, 0.4) is 0 Å². The first-order valence-corrected chi connectivity index (χ1v) is 7.32. The van der Waals surface area contributed by atoms with E-state index < -0.39 is 0 Å². The van der Waals surface area contributed by atoms with E-state index in [2.05, 4.69) is 5.16 Å². The van der Waals surface area contributed by atoms with Crippen molar-refractivity contribution in [1.29, 1.82) is 0 Å². The van der Waals surface area contributed by atoms with Gasteiger partial charge in [-0.15, -0.1) is 0 Å². The zero-order valence-electron chi connectivity index (χ0n) is 13.1. The summed E-state index contributed by atoms with van der Waals surface area (Å²) in [5, 5.41) is 3.81. The number of piperazine rings is 1. The molecule has 0 atom stereocenters. The molecule has 0 bridgehead atoms. The highest BCUT2D eigenvalue weighted by atomic mass is 16.5. The van der Waals surface area contributed by atoms with E-state index in [1.165, 1.54) is 11.2 Å². The van der Waals surface area contributed by atoms with Crippen molar-refractivity contribution in [2.24, 2.45) is 0 Å². The average molecular weight is 318 g/mol. The number of furan rings is 1. The SMILES string of the molecule is CN(C)C(=O)N1CCN(C(=O)c2cc(-c3ccco3)on2)CC1. The van der Waals surface area contributed by atoms with Crippen LogP contribution >= 0.6 is 0 Å². The second-order valence-electron chi connectivity index (χ2n) is 5.51. The van der Waals surface area contributed by atoms with Crippen molar-refractivity contribution in [2.45, 2.75) is 0 Å². The molecule has 3 heterocycles. The summed E-state index contributed by atoms with van der Waals surface area (Å²) >= 11 is 0. The molecule has 8 nitrogen and oxygen atoms in total. The summed E-state index contributed by atoms with van der Waals surface area (Å²) in [6.07, 6.45) is 1.53. The van der Waals surface area contributed by atoms with Crippen LogP contribution < -0.4 is 0 Å². The van der Waals surface area contributed by atoms with Gasteiger partial charge in [0.15, 0.2) is 11.5 Å². The number of carbonyl (C=O) groups is 2. The van der Waals surface area contributed by atoms with E-state index >= 15 is 0 Å². The van der Waals surface area contributed by atoms with Crippen LogP contribution in [0, 0.1) is 0 Å². The van der Waals surface area contributed by atoms with Gasteiger partial charge in [0, 0.05) is 46.3 Å². The van der Waals surface area contributed by atoms with Crippen molar-refractivity contribution in [3.05, 3.63) is 30.2 Å². The predicted molar refractivity (Wildman–Crippen MR) is 80.8 cm³/mol. The Morgan fingerprint density at radius 3 is 2.43 bits per heavy atom. The van der Waals surface area contributed by atoms with Crippen molar-refractivity contribution in [3.63, 3.8) is 0 Å². The summed E-state index contributed by atoms with van der Waals surface area (Å²) in [4.78, 5) is 29.3. The number of carbonyl (C=O) groups excluding carboxylic acids is 2. The summed E-state index contributed by atoms with van der Waals surface area (Å²) in [5.74, 6) is 0.737. The fourth-order valence-corrected chi connectivity index (χ4v) is 2.46. The van der Waals surface area contributed by atoms with Crippen molar-refractivity contribution >= 4 is 11.9 Å².